The van der Waals surface area contributed by atoms with Gasteiger partial charge in [-0.3, -0.25) is 0 Å². The van der Waals surface area contributed by atoms with E-state index in [0.29, 0.717) is 29.0 Å². The van der Waals surface area contributed by atoms with Crippen LogP contribution in [0, 0.1) is 17.7 Å². The van der Waals surface area contributed by atoms with Gasteiger partial charge in [0.1, 0.15) is 17.2 Å². The summed E-state index contributed by atoms with van der Waals surface area (Å²) >= 11 is 0. The average Bonchev–Trinajstić information content (AvgIpc) is 3.27. The molecule has 2 aliphatic rings. The standard InChI is InChI=1S/C18H17FN4O/c19-14-4-5-15-16(7-14)24-18(21-15)23-10-12-8-22(9-13(12)11-23)17-3-1-2-6-20-17/h1-7,12-13H,8-11H2. The van der Waals surface area contributed by atoms with E-state index in [0.717, 1.165) is 32.0 Å². The lowest BCUT2D eigenvalue weighted by molar-refractivity contribution is 0.533. The third-order valence-corrected chi connectivity index (χ3v) is 5.07. The Hall–Kier alpha value is -2.63. The summed E-state index contributed by atoms with van der Waals surface area (Å²) in [4.78, 5) is 13.5. The normalized spacial score (nSPS) is 23.2. The van der Waals surface area contributed by atoms with Crippen LogP contribution in [-0.2, 0) is 0 Å². The van der Waals surface area contributed by atoms with Crippen molar-refractivity contribution >= 4 is 22.9 Å². The molecule has 5 rings (SSSR count). The van der Waals surface area contributed by atoms with Gasteiger partial charge in [0.25, 0.3) is 6.01 Å². The molecule has 6 heteroatoms. The van der Waals surface area contributed by atoms with E-state index < -0.39 is 0 Å². The zero-order valence-electron chi connectivity index (χ0n) is 13.1. The summed E-state index contributed by atoms with van der Waals surface area (Å²) in [5.41, 5.74) is 1.22. The number of benzene rings is 1. The quantitative estimate of drug-likeness (QED) is 0.725. The molecule has 1 aromatic carbocycles. The molecule has 0 spiro atoms. The van der Waals surface area contributed by atoms with E-state index >= 15 is 0 Å². The van der Waals surface area contributed by atoms with Gasteiger partial charge in [-0.2, -0.15) is 4.98 Å². The van der Waals surface area contributed by atoms with Gasteiger partial charge in [-0.15, -0.1) is 0 Å². The second-order valence-electron chi connectivity index (χ2n) is 6.63. The first kappa shape index (κ1) is 13.8. The zero-order chi connectivity index (χ0) is 16.1. The van der Waals surface area contributed by atoms with Gasteiger partial charge in [0.05, 0.1) is 0 Å². The largest absolute Gasteiger partial charge is 0.423 e. The predicted octanol–water partition coefficient (Wildman–Crippen LogP) is 2.93. The first-order chi connectivity index (χ1) is 11.8. The van der Waals surface area contributed by atoms with Crippen molar-refractivity contribution in [2.45, 2.75) is 0 Å². The molecule has 0 bridgehead atoms. The van der Waals surface area contributed by atoms with E-state index in [4.69, 9.17) is 4.42 Å². The summed E-state index contributed by atoms with van der Waals surface area (Å²) in [6.45, 7) is 3.85. The highest BCUT2D eigenvalue weighted by atomic mass is 19.1. The number of rotatable bonds is 2. The minimum Gasteiger partial charge on any atom is -0.423 e. The molecule has 2 aromatic heterocycles. The number of fused-ring (bicyclic) bond motifs is 2. The molecular formula is C18H17FN4O. The topological polar surface area (TPSA) is 45.4 Å². The molecule has 2 unspecified atom stereocenters. The number of aromatic nitrogens is 2. The number of oxazole rings is 1. The predicted molar refractivity (Wildman–Crippen MR) is 89.6 cm³/mol. The van der Waals surface area contributed by atoms with Crippen LogP contribution in [0.25, 0.3) is 11.1 Å². The van der Waals surface area contributed by atoms with Gasteiger partial charge in [0, 0.05) is 50.3 Å². The van der Waals surface area contributed by atoms with E-state index in [-0.39, 0.29) is 5.82 Å². The number of anilines is 2. The maximum absolute atomic E-state index is 13.3. The zero-order valence-corrected chi connectivity index (χ0v) is 13.1. The van der Waals surface area contributed by atoms with E-state index in [1.165, 1.54) is 12.1 Å². The van der Waals surface area contributed by atoms with Crippen LogP contribution in [0.4, 0.5) is 16.2 Å². The van der Waals surface area contributed by atoms with Crippen molar-refractivity contribution in [3.63, 3.8) is 0 Å². The average molecular weight is 324 g/mol. The van der Waals surface area contributed by atoms with E-state index in [1.54, 1.807) is 6.07 Å². The summed E-state index contributed by atoms with van der Waals surface area (Å²) in [5.74, 6) is 1.92. The van der Waals surface area contributed by atoms with Crippen molar-refractivity contribution < 1.29 is 8.81 Å². The Morgan fingerprint density at radius 1 is 1.00 bits per heavy atom. The molecule has 122 valence electrons. The number of halogens is 1. The molecule has 3 aromatic rings. The smallest absolute Gasteiger partial charge is 0.298 e. The molecule has 0 saturated carbocycles. The Balaban J connectivity index is 1.33. The van der Waals surface area contributed by atoms with Crippen LogP contribution in [-0.4, -0.2) is 36.1 Å². The maximum atomic E-state index is 13.3. The van der Waals surface area contributed by atoms with Crippen LogP contribution in [0.3, 0.4) is 0 Å². The Kier molecular flexibility index (Phi) is 2.98. The molecule has 2 fully saturated rings. The Labute approximate surface area is 138 Å². The van der Waals surface area contributed by atoms with Crippen LogP contribution in [0.15, 0.2) is 47.0 Å². The van der Waals surface area contributed by atoms with Gasteiger partial charge in [0.2, 0.25) is 0 Å². The van der Waals surface area contributed by atoms with Gasteiger partial charge in [0.15, 0.2) is 5.58 Å². The minimum atomic E-state index is -0.297. The van der Waals surface area contributed by atoms with Crippen LogP contribution in [0.5, 0.6) is 0 Å². The number of pyridine rings is 1. The summed E-state index contributed by atoms with van der Waals surface area (Å²) in [5, 5.41) is 0. The number of hydrogen-bond donors (Lipinski definition) is 0. The van der Waals surface area contributed by atoms with Crippen molar-refractivity contribution in [3.8, 4) is 0 Å². The lowest BCUT2D eigenvalue weighted by atomic mass is 10.0. The van der Waals surface area contributed by atoms with Gasteiger partial charge in [-0.25, -0.2) is 9.37 Å². The highest BCUT2D eigenvalue weighted by Gasteiger charge is 2.41. The Morgan fingerprint density at radius 3 is 2.54 bits per heavy atom. The van der Waals surface area contributed by atoms with Crippen molar-refractivity contribution in [1.29, 1.82) is 0 Å². The maximum Gasteiger partial charge on any atom is 0.298 e. The van der Waals surface area contributed by atoms with E-state index in [9.17, 15) is 4.39 Å². The molecule has 2 saturated heterocycles. The molecule has 0 amide bonds. The lowest BCUT2D eigenvalue weighted by Crippen LogP contribution is -2.29. The van der Waals surface area contributed by atoms with Gasteiger partial charge in [-0.1, -0.05) is 6.07 Å². The van der Waals surface area contributed by atoms with Crippen LogP contribution in [0.2, 0.25) is 0 Å². The summed E-state index contributed by atoms with van der Waals surface area (Å²) < 4.78 is 19.1. The Bertz CT molecular complexity index is 867. The second-order valence-corrected chi connectivity index (χ2v) is 6.63. The molecule has 0 radical (unpaired) electrons. The summed E-state index contributed by atoms with van der Waals surface area (Å²) in [7, 11) is 0. The molecule has 24 heavy (non-hydrogen) atoms. The van der Waals surface area contributed by atoms with Crippen LogP contribution in [0.1, 0.15) is 0 Å². The first-order valence-electron chi connectivity index (χ1n) is 8.23. The summed E-state index contributed by atoms with van der Waals surface area (Å²) in [6, 6.07) is 11.1. The van der Waals surface area contributed by atoms with Gasteiger partial charge < -0.3 is 14.2 Å². The lowest BCUT2D eigenvalue weighted by Gasteiger charge is -2.21. The van der Waals surface area contributed by atoms with Crippen molar-refractivity contribution in [2.75, 3.05) is 36.0 Å². The summed E-state index contributed by atoms with van der Waals surface area (Å²) in [6.07, 6.45) is 1.84. The molecule has 0 aliphatic carbocycles. The first-order valence-corrected chi connectivity index (χ1v) is 8.23. The molecule has 0 N–H and O–H groups in total. The SMILES string of the molecule is Fc1ccc2nc(N3CC4CN(c5ccccn5)CC4C3)oc2c1. The van der Waals surface area contributed by atoms with Crippen LogP contribution >= 0.6 is 0 Å². The second kappa shape index (κ2) is 5.19. The number of hydrogen-bond acceptors (Lipinski definition) is 5. The molecular weight excluding hydrogens is 307 g/mol. The molecule has 4 heterocycles. The van der Waals surface area contributed by atoms with Crippen molar-refractivity contribution in [1.82, 2.24) is 9.97 Å². The highest BCUT2D eigenvalue weighted by Crippen LogP contribution is 2.36. The third-order valence-electron chi connectivity index (χ3n) is 5.07. The molecule has 2 aliphatic heterocycles. The molecule has 2 atom stereocenters. The van der Waals surface area contributed by atoms with Crippen LogP contribution < -0.4 is 9.80 Å². The fourth-order valence-corrected chi connectivity index (χ4v) is 3.90. The third kappa shape index (κ3) is 2.21. The van der Waals surface area contributed by atoms with Crippen molar-refractivity contribution in [3.05, 3.63) is 48.4 Å². The van der Waals surface area contributed by atoms with E-state index in [2.05, 4.69) is 25.8 Å². The minimum absolute atomic E-state index is 0.297. The monoisotopic (exact) mass is 324 g/mol. The van der Waals surface area contributed by atoms with Crippen molar-refractivity contribution in [2.24, 2.45) is 11.8 Å². The fourth-order valence-electron chi connectivity index (χ4n) is 3.90. The van der Waals surface area contributed by atoms with E-state index in [1.807, 2.05) is 18.3 Å². The van der Waals surface area contributed by atoms with Gasteiger partial charge >= 0.3 is 0 Å². The Morgan fingerprint density at radius 2 is 1.79 bits per heavy atom. The van der Waals surface area contributed by atoms with Gasteiger partial charge in [-0.05, 0) is 24.3 Å². The fraction of sp³-hybridized carbons (Fsp3) is 0.333. The molecule has 5 nitrogen and oxygen atoms in total. The highest BCUT2D eigenvalue weighted by molar-refractivity contribution is 5.74. The number of nitrogens with zero attached hydrogens (tertiary/aromatic N) is 4.